The Balaban J connectivity index is 2.16. The van der Waals surface area contributed by atoms with E-state index >= 15 is 0 Å². The zero-order valence-electron chi connectivity index (χ0n) is 14.8. The maximum absolute atomic E-state index is 13.2. The lowest BCUT2D eigenvalue weighted by atomic mass is 10.0. The molecule has 0 aromatic heterocycles. The summed E-state index contributed by atoms with van der Waals surface area (Å²) in [6.45, 7) is -0.0233. The third-order valence-electron chi connectivity index (χ3n) is 4.15. The van der Waals surface area contributed by atoms with Crippen LogP contribution in [-0.4, -0.2) is 50.6 Å². The number of likely N-dealkylation sites (N-methyl/N-ethyl adjacent to an activating group) is 1. The molecule has 26 heavy (non-hydrogen) atoms. The van der Waals surface area contributed by atoms with Crippen LogP contribution in [0.2, 0.25) is 5.02 Å². The van der Waals surface area contributed by atoms with E-state index in [9.17, 15) is 10.0 Å². The van der Waals surface area contributed by atoms with Crippen molar-refractivity contribution in [2.24, 2.45) is 4.99 Å². The van der Waals surface area contributed by atoms with E-state index < -0.39 is 17.0 Å². The molecular formula is C19H20ClN3O3. The van der Waals surface area contributed by atoms with Crippen molar-refractivity contribution >= 4 is 29.1 Å². The summed E-state index contributed by atoms with van der Waals surface area (Å²) in [6, 6.07) is 14.6. The average molecular weight is 374 g/mol. The quantitative estimate of drug-likeness (QED) is 0.596. The standard InChI is InChI=1S/C19H20ClN3O3/c1-22(2)19(24)26-17-12-23(3,25)16-10-9-14(20)11-15(16)18(21-17)13-7-5-4-6-8-13/h4-11,17H,12H2,1-3H3. The lowest BCUT2D eigenvalue weighted by Crippen LogP contribution is -2.45. The van der Waals surface area contributed by atoms with Gasteiger partial charge in [-0.05, 0) is 12.1 Å². The topological polar surface area (TPSA) is 65.0 Å². The van der Waals surface area contributed by atoms with E-state index in [1.807, 2.05) is 30.3 Å². The summed E-state index contributed by atoms with van der Waals surface area (Å²) in [4.78, 5) is 17.9. The number of hydrogen-bond acceptors (Lipinski definition) is 4. The highest BCUT2D eigenvalue weighted by molar-refractivity contribution is 6.31. The molecule has 6 nitrogen and oxygen atoms in total. The maximum atomic E-state index is 13.2. The molecule has 1 amide bonds. The molecule has 7 heteroatoms. The predicted molar refractivity (Wildman–Crippen MR) is 103 cm³/mol. The molecule has 0 bridgehead atoms. The molecule has 0 radical (unpaired) electrons. The van der Waals surface area contributed by atoms with Crippen molar-refractivity contribution in [3.05, 3.63) is 69.9 Å². The fraction of sp³-hybridized carbons (Fsp3) is 0.263. The van der Waals surface area contributed by atoms with E-state index in [4.69, 9.17) is 16.3 Å². The number of quaternary nitrogens is 1. The normalized spacial score (nSPS) is 22.0. The van der Waals surface area contributed by atoms with Crippen LogP contribution in [0, 0.1) is 5.21 Å². The van der Waals surface area contributed by atoms with Gasteiger partial charge in [-0.2, -0.15) is 0 Å². The van der Waals surface area contributed by atoms with Crippen molar-refractivity contribution in [1.82, 2.24) is 9.55 Å². The van der Waals surface area contributed by atoms with Crippen LogP contribution in [0.4, 0.5) is 10.5 Å². The number of hydrogen-bond donors (Lipinski definition) is 0. The number of carbonyl (C=O) groups excluding carboxylic acids is 1. The number of nitrogens with zero attached hydrogens (tertiary/aromatic N) is 3. The molecule has 2 unspecified atom stereocenters. The zero-order valence-corrected chi connectivity index (χ0v) is 15.6. The van der Waals surface area contributed by atoms with E-state index in [1.54, 1.807) is 32.3 Å². The summed E-state index contributed by atoms with van der Waals surface area (Å²) in [7, 11) is 4.69. The molecule has 1 aliphatic rings. The van der Waals surface area contributed by atoms with Gasteiger partial charge in [0.05, 0.1) is 18.3 Å². The molecule has 0 spiro atoms. The van der Waals surface area contributed by atoms with Gasteiger partial charge in [0.25, 0.3) is 0 Å². The molecule has 3 rings (SSSR count). The Morgan fingerprint density at radius 2 is 1.96 bits per heavy atom. The van der Waals surface area contributed by atoms with E-state index in [0.717, 1.165) is 5.56 Å². The Labute approximate surface area is 157 Å². The van der Waals surface area contributed by atoms with Crippen molar-refractivity contribution in [2.75, 3.05) is 27.7 Å². The van der Waals surface area contributed by atoms with Gasteiger partial charge in [0.15, 0.2) is 0 Å². The number of halogens is 1. The number of carbonyl (C=O) groups is 1. The van der Waals surface area contributed by atoms with Crippen molar-refractivity contribution in [3.8, 4) is 0 Å². The number of benzene rings is 2. The Hall–Kier alpha value is -2.41. The Morgan fingerprint density at radius 3 is 2.62 bits per heavy atom. The van der Waals surface area contributed by atoms with E-state index in [-0.39, 0.29) is 6.54 Å². The number of ether oxygens (including phenoxy) is 1. The highest BCUT2D eigenvalue weighted by Crippen LogP contribution is 2.33. The second-order valence-electron chi connectivity index (χ2n) is 6.52. The minimum Gasteiger partial charge on any atom is -0.627 e. The molecule has 0 N–H and O–H groups in total. The first-order valence-corrected chi connectivity index (χ1v) is 8.54. The second-order valence-corrected chi connectivity index (χ2v) is 6.96. The number of benzodiazepines with no additional fused rings is 1. The van der Waals surface area contributed by atoms with Gasteiger partial charge in [-0.3, -0.25) is 0 Å². The first-order valence-electron chi connectivity index (χ1n) is 8.16. The minimum absolute atomic E-state index is 0.0233. The second kappa shape index (κ2) is 7.07. The Kier molecular flexibility index (Phi) is 5.00. The number of aliphatic imine (C=N–C) groups is 1. The lowest BCUT2D eigenvalue weighted by molar-refractivity contribution is 0.0693. The number of rotatable bonds is 2. The molecular weight excluding hydrogens is 354 g/mol. The first kappa shape index (κ1) is 18.4. The van der Waals surface area contributed by atoms with Crippen molar-refractivity contribution in [2.45, 2.75) is 6.23 Å². The summed E-state index contributed by atoms with van der Waals surface area (Å²) in [5, 5.41) is 13.7. The number of fused-ring (bicyclic) bond motifs is 1. The summed E-state index contributed by atoms with van der Waals surface area (Å²) >= 11 is 6.18. The molecule has 0 saturated carbocycles. The van der Waals surface area contributed by atoms with Crippen LogP contribution in [0.5, 0.6) is 0 Å². The molecule has 2 aromatic rings. The SMILES string of the molecule is CN(C)C(=O)OC1C[N+](C)([O-])c2ccc(Cl)cc2C(c2ccccc2)=N1. The van der Waals surface area contributed by atoms with E-state index in [1.165, 1.54) is 11.9 Å². The van der Waals surface area contributed by atoms with Gasteiger partial charge in [0.2, 0.25) is 6.23 Å². The van der Waals surface area contributed by atoms with Crippen molar-refractivity contribution in [1.29, 1.82) is 0 Å². The number of amides is 1. The Morgan fingerprint density at radius 1 is 1.27 bits per heavy atom. The fourth-order valence-electron chi connectivity index (χ4n) is 2.87. The van der Waals surface area contributed by atoms with Crippen LogP contribution >= 0.6 is 11.6 Å². The van der Waals surface area contributed by atoms with Crippen LogP contribution < -0.4 is 4.65 Å². The molecule has 136 valence electrons. The summed E-state index contributed by atoms with van der Waals surface area (Å²) in [5.41, 5.74) is 2.58. The monoisotopic (exact) mass is 373 g/mol. The largest absolute Gasteiger partial charge is 0.627 e. The Bertz CT molecular complexity index is 850. The van der Waals surface area contributed by atoms with E-state index in [2.05, 4.69) is 4.99 Å². The molecule has 2 aromatic carbocycles. The van der Waals surface area contributed by atoms with E-state index in [0.29, 0.717) is 22.0 Å². The molecule has 0 fully saturated rings. The molecule has 1 heterocycles. The maximum Gasteiger partial charge on any atom is 0.411 e. The fourth-order valence-corrected chi connectivity index (χ4v) is 3.04. The summed E-state index contributed by atoms with van der Waals surface area (Å²) in [5.74, 6) is 0. The van der Waals surface area contributed by atoms with Gasteiger partial charge in [-0.15, -0.1) is 0 Å². The van der Waals surface area contributed by atoms with Crippen molar-refractivity contribution in [3.63, 3.8) is 0 Å². The highest BCUT2D eigenvalue weighted by atomic mass is 35.5. The average Bonchev–Trinajstić information content (AvgIpc) is 2.69. The predicted octanol–water partition coefficient (Wildman–Crippen LogP) is 3.65. The third-order valence-corrected chi connectivity index (χ3v) is 4.39. The van der Waals surface area contributed by atoms with Crippen LogP contribution in [0.15, 0.2) is 53.5 Å². The van der Waals surface area contributed by atoms with Crippen LogP contribution in [0.3, 0.4) is 0 Å². The van der Waals surface area contributed by atoms with Gasteiger partial charge in [-0.1, -0.05) is 41.9 Å². The molecule has 1 aliphatic heterocycles. The van der Waals surface area contributed by atoms with Crippen molar-refractivity contribution < 1.29 is 9.53 Å². The lowest BCUT2D eigenvalue weighted by Gasteiger charge is -2.39. The van der Waals surface area contributed by atoms with Crippen LogP contribution in [0.1, 0.15) is 11.1 Å². The highest BCUT2D eigenvalue weighted by Gasteiger charge is 2.32. The van der Waals surface area contributed by atoms with Gasteiger partial charge in [-0.25, -0.2) is 9.79 Å². The summed E-state index contributed by atoms with van der Waals surface area (Å²) < 4.78 is 4.71. The van der Waals surface area contributed by atoms with Crippen LogP contribution in [0.25, 0.3) is 0 Å². The van der Waals surface area contributed by atoms with Gasteiger partial charge in [0, 0.05) is 30.7 Å². The van der Waals surface area contributed by atoms with Gasteiger partial charge < -0.3 is 19.5 Å². The number of hydroxylamine groups is 2. The van der Waals surface area contributed by atoms with Crippen LogP contribution in [-0.2, 0) is 4.74 Å². The van der Waals surface area contributed by atoms with Gasteiger partial charge >= 0.3 is 6.09 Å². The molecule has 0 aliphatic carbocycles. The first-order chi connectivity index (χ1) is 12.3. The third kappa shape index (κ3) is 3.72. The minimum atomic E-state index is -0.909. The smallest absolute Gasteiger partial charge is 0.411 e. The zero-order chi connectivity index (χ0) is 18.9. The molecule has 2 atom stereocenters. The summed E-state index contributed by atoms with van der Waals surface area (Å²) in [6.07, 6.45) is -1.45. The van der Waals surface area contributed by atoms with Gasteiger partial charge in [0.1, 0.15) is 12.2 Å². The molecule has 0 saturated heterocycles.